The number of furan rings is 1. The Kier molecular flexibility index (Phi) is 3.86. The third kappa shape index (κ3) is 3.28. The smallest absolute Gasteiger partial charge is 0.185 e. The fourth-order valence-corrected chi connectivity index (χ4v) is 1.39. The maximum atomic E-state index is 12.7. The minimum absolute atomic E-state index is 0.168. The van der Waals surface area contributed by atoms with Gasteiger partial charge in [-0.25, -0.2) is 4.39 Å². The molecule has 0 saturated carbocycles. The second-order valence-corrected chi connectivity index (χ2v) is 3.60. The lowest BCUT2D eigenvalue weighted by atomic mass is 10.1. The molecule has 1 aromatic carbocycles. The van der Waals surface area contributed by atoms with Crippen molar-refractivity contribution in [1.82, 2.24) is 0 Å². The summed E-state index contributed by atoms with van der Waals surface area (Å²) in [4.78, 5) is 11.7. The fraction of sp³-hybridized carbons (Fsp3) is 0. The molecule has 1 aromatic heterocycles. The largest absolute Gasteiger partial charge is 0.465 e. The van der Waals surface area contributed by atoms with E-state index in [-0.39, 0.29) is 11.6 Å². The highest BCUT2D eigenvalue weighted by molar-refractivity contribution is 6.04. The minimum Gasteiger partial charge on any atom is -0.465 e. The maximum absolute atomic E-state index is 12.7. The Balaban J connectivity index is 1.97. The van der Waals surface area contributed by atoms with Crippen LogP contribution in [0.15, 0.2) is 65.3 Å². The molecule has 3 heteroatoms. The van der Waals surface area contributed by atoms with E-state index >= 15 is 0 Å². The number of halogens is 1. The van der Waals surface area contributed by atoms with Gasteiger partial charge in [0.05, 0.1) is 6.26 Å². The average Bonchev–Trinajstić information content (AvgIpc) is 2.88. The molecule has 0 bridgehead atoms. The topological polar surface area (TPSA) is 30.2 Å². The normalized spacial score (nSPS) is 11.4. The minimum atomic E-state index is -0.353. The van der Waals surface area contributed by atoms with Gasteiger partial charge in [0.25, 0.3) is 0 Å². The van der Waals surface area contributed by atoms with Gasteiger partial charge in [0.2, 0.25) is 0 Å². The summed E-state index contributed by atoms with van der Waals surface area (Å²) >= 11 is 0. The van der Waals surface area contributed by atoms with Gasteiger partial charge >= 0.3 is 0 Å². The zero-order chi connectivity index (χ0) is 12.8. The maximum Gasteiger partial charge on any atom is 0.185 e. The van der Waals surface area contributed by atoms with Crippen LogP contribution in [0.2, 0.25) is 0 Å². The summed E-state index contributed by atoms with van der Waals surface area (Å²) in [6.45, 7) is 0. The van der Waals surface area contributed by atoms with E-state index in [0.29, 0.717) is 11.3 Å². The highest BCUT2D eigenvalue weighted by Crippen LogP contribution is 2.05. The first-order valence-electron chi connectivity index (χ1n) is 5.44. The molecule has 18 heavy (non-hydrogen) atoms. The molecule has 0 fully saturated rings. The molecule has 2 rings (SSSR count). The summed E-state index contributed by atoms with van der Waals surface area (Å²) < 4.78 is 17.8. The van der Waals surface area contributed by atoms with Crippen molar-refractivity contribution in [3.8, 4) is 0 Å². The molecule has 0 spiro atoms. The van der Waals surface area contributed by atoms with Gasteiger partial charge in [-0.1, -0.05) is 12.2 Å². The van der Waals surface area contributed by atoms with Gasteiger partial charge in [0.1, 0.15) is 11.6 Å². The monoisotopic (exact) mass is 242 g/mol. The van der Waals surface area contributed by atoms with Crippen LogP contribution in [0.4, 0.5) is 4.39 Å². The summed E-state index contributed by atoms with van der Waals surface area (Å²) in [6, 6.07) is 9.04. The first-order chi connectivity index (χ1) is 8.75. The molecule has 1 heterocycles. The van der Waals surface area contributed by atoms with Crippen molar-refractivity contribution < 1.29 is 13.6 Å². The van der Waals surface area contributed by atoms with E-state index < -0.39 is 0 Å². The number of allylic oxidation sites excluding steroid dienone is 3. The van der Waals surface area contributed by atoms with Gasteiger partial charge in [0.15, 0.2) is 5.78 Å². The molecule has 0 aliphatic heterocycles. The van der Waals surface area contributed by atoms with Crippen molar-refractivity contribution in [2.24, 2.45) is 0 Å². The molecule has 2 aromatic rings. The molecule has 0 N–H and O–H groups in total. The molecule has 0 saturated heterocycles. The summed E-state index contributed by atoms with van der Waals surface area (Å²) in [6.07, 6.45) is 8.07. The van der Waals surface area contributed by atoms with Crippen LogP contribution in [0.1, 0.15) is 16.1 Å². The summed E-state index contributed by atoms with van der Waals surface area (Å²) in [5, 5.41) is 0. The second kappa shape index (κ2) is 5.77. The van der Waals surface area contributed by atoms with E-state index in [1.165, 1.54) is 30.3 Å². The zero-order valence-electron chi connectivity index (χ0n) is 9.55. The first kappa shape index (κ1) is 12.0. The van der Waals surface area contributed by atoms with Crippen LogP contribution in [-0.2, 0) is 0 Å². The summed E-state index contributed by atoms with van der Waals surface area (Å²) in [5.41, 5.74) is 0.457. The Bertz CT molecular complexity index is 563. The number of rotatable bonds is 4. The third-order valence-corrected chi connectivity index (χ3v) is 2.29. The Morgan fingerprint density at radius 1 is 1.11 bits per heavy atom. The average molecular weight is 242 g/mol. The van der Waals surface area contributed by atoms with Crippen LogP contribution >= 0.6 is 0 Å². The van der Waals surface area contributed by atoms with Crippen LogP contribution in [0.5, 0.6) is 0 Å². The van der Waals surface area contributed by atoms with E-state index in [4.69, 9.17) is 4.42 Å². The number of hydrogen-bond donors (Lipinski definition) is 0. The van der Waals surface area contributed by atoms with Gasteiger partial charge in [-0.2, -0.15) is 0 Å². The van der Waals surface area contributed by atoms with E-state index in [9.17, 15) is 9.18 Å². The Hall–Kier alpha value is -2.42. The van der Waals surface area contributed by atoms with Crippen LogP contribution in [0.3, 0.4) is 0 Å². The van der Waals surface area contributed by atoms with Crippen molar-refractivity contribution >= 4 is 11.9 Å². The van der Waals surface area contributed by atoms with Crippen molar-refractivity contribution in [1.29, 1.82) is 0 Å². The molecule has 0 aliphatic carbocycles. The predicted molar refractivity (Wildman–Crippen MR) is 67.6 cm³/mol. The molecule has 2 nitrogen and oxygen atoms in total. The van der Waals surface area contributed by atoms with E-state index in [1.807, 2.05) is 6.07 Å². The second-order valence-electron chi connectivity index (χ2n) is 3.60. The highest BCUT2D eigenvalue weighted by atomic mass is 19.1. The first-order valence-corrected chi connectivity index (χ1v) is 5.44. The van der Waals surface area contributed by atoms with E-state index in [2.05, 4.69) is 0 Å². The van der Waals surface area contributed by atoms with Gasteiger partial charge in [-0.05, 0) is 48.6 Å². The summed E-state index contributed by atoms with van der Waals surface area (Å²) in [7, 11) is 0. The Morgan fingerprint density at radius 3 is 2.56 bits per heavy atom. The lowest BCUT2D eigenvalue weighted by Gasteiger charge is -1.93. The van der Waals surface area contributed by atoms with Crippen LogP contribution in [-0.4, -0.2) is 5.78 Å². The lowest BCUT2D eigenvalue weighted by Crippen LogP contribution is -1.93. The highest BCUT2D eigenvalue weighted by Gasteiger charge is 2.00. The van der Waals surface area contributed by atoms with Crippen molar-refractivity contribution in [2.75, 3.05) is 0 Å². The number of carbonyl (C=O) groups excluding carboxylic acids is 1. The molecule has 0 amide bonds. The quantitative estimate of drug-likeness (QED) is 0.463. The lowest BCUT2D eigenvalue weighted by molar-refractivity contribution is 0.104. The number of ketones is 1. The molecular formula is C15H11FO2. The van der Waals surface area contributed by atoms with Gasteiger partial charge < -0.3 is 4.42 Å². The number of hydrogen-bond acceptors (Lipinski definition) is 2. The number of benzene rings is 1. The third-order valence-electron chi connectivity index (χ3n) is 2.29. The van der Waals surface area contributed by atoms with Crippen LogP contribution < -0.4 is 0 Å². The Labute approximate surface area is 104 Å². The standard InChI is InChI=1S/C15H11FO2/c16-13-9-7-12(8-10-13)15(17)6-2-1-4-14-5-3-11-18-14/h1-11H/b4-1+,6-2+. The van der Waals surface area contributed by atoms with Gasteiger partial charge in [-0.15, -0.1) is 0 Å². The molecule has 0 atom stereocenters. The van der Waals surface area contributed by atoms with Crippen LogP contribution in [0, 0.1) is 5.82 Å². The SMILES string of the molecule is O=C(/C=C/C=C/c1ccco1)c1ccc(F)cc1. The Morgan fingerprint density at radius 2 is 1.89 bits per heavy atom. The van der Waals surface area contributed by atoms with Gasteiger partial charge in [-0.3, -0.25) is 4.79 Å². The molecule has 0 radical (unpaired) electrons. The van der Waals surface area contributed by atoms with Crippen molar-refractivity contribution in [3.05, 3.63) is 78.0 Å². The molecular weight excluding hydrogens is 231 g/mol. The fourth-order valence-electron chi connectivity index (χ4n) is 1.39. The molecule has 0 unspecified atom stereocenters. The zero-order valence-corrected chi connectivity index (χ0v) is 9.55. The predicted octanol–water partition coefficient (Wildman–Crippen LogP) is 3.87. The van der Waals surface area contributed by atoms with Gasteiger partial charge in [0, 0.05) is 5.56 Å². The molecule has 90 valence electrons. The van der Waals surface area contributed by atoms with E-state index in [1.54, 1.807) is 30.6 Å². The molecule has 0 aliphatic rings. The van der Waals surface area contributed by atoms with Crippen molar-refractivity contribution in [3.63, 3.8) is 0 Å². The summed E-state index contributed by atoms with van der Waals surface area (Å²) in [5.74, 6) is 0.196. The van der Waals surface area contributed by atoms with Crippen LogP contribution in [0.25, 0.3) is 6.08 Å². The van der Waals surface area contributed by atoms with E-state index in [0.717, 1.165) is 0 Å². The number of carbonyl (C=O) groups is 1. The van der Waals surface area contributed by atoms with Crippen molar-refractivity contribution in [2.45, 2.75) is 0 Å².